The fourth-order valence-corrected chi connectivity index (χ4v) is 8.14. The number of hydrogen-bond donors (Lipinski definition) is 17. The van der Waals surface area contributed by atoms with E-state index >= 15 is 0 Å². The van der Waals surface area contributed by atoms with Crippen molar-refractivity contribution in [3.05, 3.63) is 0 Å². The molecule has 0 saturated carbocycles. The molecule has 0 aliphatic heterocycles. The van der Waals surface area contributed by atoms with E-state index in [4.69, 9.17) is 28.7 Å². The molecule has 0 unspecified atom stereocenters. The SMILES string of the molecule is CC[C@H](C)[C@H](NC(=O)[C@H](CCCN=C(N)N)NC(=O)[C@@H](N)CO)C(=O)N[C@@H](CCC(=O)O)C(=O)N[C@@H](C)C(=O)N[C@H](C(=O)N[C@@H](CCCCN)C(=O)N[C@@H](CC(C)C)C(=O)N[C@@H](CCC(N)=O)C(=O)N[C@@H](CCSC)C(=O)O)C(C)C. The first kappa shape index (κ1) is 74.1. The molecule has 0 rings (SSSR count). The molecular weight excluding hydrogens is 1080 g/mol. The van der Waals surface area contributed by atoms with Gasteiger partial charge in [0.05, 0.1) is 6.61 Å². The maximum atomic E-state index is 14.1. The molecule has 10 amide bonds. The Balaban J connectivity index is 6.60. The van der Waals surface area contributed by atoms with Crippen molar-refractivity contribution < 1.29 is 72.9 Å². The Morgan fingerprint density at radius 3 is 1.47 bits per heavy atom. The van der Waals surface area contributed by atoms with E-state index in [2.05, 4.69) is 52.8 Å². The highest BCUT2D eigenvalue weighted by atomic mass is 32.2. The van der Waals surface area contributed by atoms with Gasteiger partial charge in [0, 0.05) is 19.4 Å². The Labute approximate surface area is 477 Å². The predicted molar refractivity (Wildman–Crippen MR) is 301 cm³/mol. The van der Waals surface area contributed by atoms with Gasteiger partial charge in [-0.25, -0.2) is 4.79 Å². The number of aliphatic imine (C=N–C) groups is 1. The zero-order valence-electron chi connectivity index (χ0n) is 47.8. The number of carboxylic acid groups (broad SMARTS) is 2. The van der Waals surface area contributed by atoms with Crippen LogP contribution in [0.2, 0.25) is 0 Å². The summed E-state index contributed by atoms with van der Waals surface area (Å²) in [6, 6.07) is -13.8. The van der Waals surface area contributed by atoms with Gasteiger partial charge in [0.25, 0.3) is 0 Å². The van der Waals surface area contributed by atoms with Crippen molar-refractivity contribution in [2.75, 3.05) is 31.7 Å². The summed E-state index contributed by atoms with van der Waals surface area (Å²) in [5.41, 5.74) is 27.5. The molecule has 0 aromatic heterocycles. The maximum Gasteiger partial charge on any atom is 0.326 e. The van der Waals surface area contributed by atoms with E-state index in [0.717, 1.165) is 0 Å². The normalized spacial score (nSPS) is 15.2. The standard InChI is InChI=1S/C50H91N15O15S/c1-9-27(6)39(65-45(75)31(14-12-21-56-50(54)55)58-41(71)29(52)24-66)48(78)61-33(16-18-37(68)69)42(72)57-28(7)40(70)64-38(26(4)5)47(77)60-30(13-10-11-20-51)43(73)63-35(23-25(2)3)46(76)59-32(15-17-36(53)67)44(74)62-34(49(79)80)19-22-81-8/h25-35,38-39,66H,9-24,51-52H2,1-8H3,(H2,53,67)(H,57,72)(H,58,71)(H,59,76)(H,60,77)(H,61,78)(H,62,74)(H,63,73)(H,64,70)(H,65,75)(H,68,69)(H,79,80)(H4,54,55,56)/t27-,28-,29-,30-,31-,32-,33-,34-,35-,38-,39-/m0/s1. The summed E-state index contributed by atoms with van der Waals surface area (Å²) in [5, 5.41) is 51.3. The van der Waals surface area contributed by atoms with E-state index in [9.17, 15) is 72.9 Å². The van der Waals surface area contributed by atoms with E-state index in [1.165, 1.54) is 18.7 Å². The number of nitrogens with zero attached hydrogens (tertiary/aromatic N) is 1. The third-order valence-corrected chi connectivity index (χ3v) is 13.3. The topological polar surface area (TPSA) is 516 Å². The van der Waals surface area contributed by atoms with Crippen LogP contribution in [0.4, 0.5) is 0 Å². The average Bonchev–Trinajstić information content (AvgIpc) is 3.42. The molecule has 462 valence electrons. The van der Waals surface area contributed by atoms with Crippen molar-refractivity contribution in [2.45, 2.75) is 186 Å². The zero-order valence-corrected chi connectivity index (χ0v) is 48.6. The molecule has 0 heterocycles. The number of rotatable bonds is 42. The minimum Gasteiger partial charge on any atom is -0.481 e. The van der Waals surface area contributed by atoms with Crippen molar-refractivity contribution in [3.8, 4) is 0 Å². The molecule has 0 bridgehead atoms. The van der Waals surface area contributed by atoms with Crippen LogP contribution >= 0.6 is 11.8 Å². The van der Waals surface area contributed by atoms with Crippen molar-refractivity contribution in [1.29, 1.82) is 0 Å². The lowest BCUT2D eigenvalue weighted by molar-refractivity contribution is -0.142. The second-order valence-corrected chi connectivity index (χ2v) is 21.4. The third kappa shape index (κ3) is 30.0. The lowest BCUT2D eigenvalue weighted by Gasteiger charge is -2.29. The first-order valence-corrected chi connectivity index (χ1v) is 28.4. The molecule has 22 N–H and O–H groups in total. The minimum absolute atomic E-state index is 0.00841. The van der Waals surface area contributed by atoms with Gasteiger partial charge in [-0.3, -0.25) is 57.7 Å². The van der Waals surface area contributed by atoms with E-state index in [-0.39, 0.29) is 69.9 Å². The number of nitrogens with two attached hydrogens (primary N) is 5. The highest BCUT2D eigenvalue weighted by molar-refractivity contribution is 7.98. The number of unbranched alkanes of at least 4 members (excludes halogenated alkanes) is 1. The molecule has 31 heteroatoms. The molecule has 11 atom stereocenters. The minimum atomic E-state index is -1.60. The summed E-state index contributed by atoms with van der Waals surface area (Å²) >= 11 is 1.35. The number of carbonyl (C=O) groups is 12. The lowest BCUT2D eigenvalue weighted by Crippen LogP contribution is -2.61. The first-order chi connectivity index (χ1) is 37.9. The molecule has 0 spiro atoms. The van der Waals surface area contributed by atoms with Crippen molar-refractivity contribution in [2.24, 2.45) is 51.4 Å². The Morgan fingerprint density at radius 2 is 0.988 bits per heavy atom. The number of aliphatic hydroxyl groups is 1. The fourth-order valence-electron chi connectivity index (χ4n) is 7.67. The van der Waals surface area contributed by atoms with Gasteiger partial charge in [-0.2, -0.15) is 11.8 Å². The second kappa shape index (κ2) is 39.5. The number of thioether (sulfide) groups is 1. The molecule has 0 radical (unpaired) electrons. The van der Waals surface area contributed by atoms with Crippen LogP contribution in [0, 0.1) is 17.8 Å². The Bertz CT molecular complexity index is 2130. The first-order valence-electron chi connectivity index (χ1n) is 27.0. The number of primary amides is 1. The summed E-state index contributed by atoms with van der Waals surface area (Å²) in [6.07, 6.45) is 1.27. The number of carbonyl (C=O) groups excluding carboxylic acids is 10. The van der Waals surface area contributed by atoms with Crippen molar-refractivity contribution in [3.63, 3.8) is 0 Å². The van der Waals surface area contributed by atoms with Gasteiger partial charge in [-0.05, 0) is 101 Å². The van der Waals surface area contributed by atoms with Crippen LogP contribution < -0.4 is 76.5 Å². The molecule has 0 aliphatic rings. The van der Waals surface area contributed by atoms with Crippen LogP contribution in [0.15, 0.2) is 4.99 Å². The summed E-state index contributed by atoms with van der Waals surface area (Å²) in [4.78, 5) is 163. The zero-order chi connectivity index (χ0) is 62.1. The van der Waals surface area contributed by atoms with Crippen LogP contribution in [0.3, 0.4) is 0 Å². The number of aliphatic hydroxyl groups excluding tert-OH is 1. The number of guanidine groups is 1. The summed E-state index contributed by atoms with van der Waals surface area (Å²) in [7, 11) is 0. The Kier molecular flexibility index (Phi) is 36.2. The molecule has 30 nitrogen and oxygen atoms in total. The van der Waals surface area contributed by atoms with Crippen LogP contribution in [-0.2, 0) is 57.5 Å². The largest absolute Gasteiger partial charge is 0.481 e. The van der Waals surface area contributed by atoms with Gasteiger partial charge in [0.1, 0.15) is 60.4 Å². The molecule has 0 aliphatic carbocycles. The van der Waals surface area contributed by atoms with Gasteiger partial charge in [-0.15, -0.1) is 0 Å². The molecule has 0 aromatic carbocycles. The van der Waals surface area contributed by atoms with Crippen molar-refractivity contribution >= 4 is 88.7 Å². The quantitative estimate of drug-likeness (QED) is 0.0156. The Morgan fingerprint density at radius 1 is 0.531 bits per heavy atom. The average molecular weight is 1170 g/mol. The number of carboxylic acids is 2. The van der Waals surface area contributed by atoms with Crippen LogP contribution in [-0.4, -0.2) is 184 Å². The highest BCUT2D eigenvalue weighted by Gasteiger charge is 2.37. The van der Waals surface area contributed by atoms with E-state index < -0.39 is 163 Å². The number of amides is 10. The van der Waals surface area contributed by atoms with Crippen LogP contribution in [0.1, 0.15) is 126 Å². The summed E-state index contributed by atoms with van der Waals surface area (Å²) in [6.45, 7) is 10.8. The fraction of sp³-hybridized carbons (Fsp3) is 0.740. The predicted octanol–water partition coefficient (Wildman–Crippen LogP) is -4.41. The monoisotopic (exact) mass is 1170 g/mol. The number of aliphatic carboxylic acids is 2. The molecule has 81 heavy (non-hydrogen) atoms. The van der Waals surface area contributed by atoms with Crippen molar-refractivity contribution in [1.82, 2.24) is 47.9 Å². The maximum absolute atomic E-state index is 14.1. The van der Waals surface area contributed by atoms with E-state index in [0.29, 0.717) is 25.0 Å². The van der Waals surface area contributed by atoms with E-state index in [1.807, 2.05) is 0 Å². The highest BCUT2D eigenvalue weighted by Crippen LogP contribution is 2.14. The molecule has 0 saturated heterocycles. The van der Waals surface area contributed by atoms with Gasteiger partial charge >= 0.3 is 11.9 Å². The number of hydrogen-bond acceptors (Lipinski definition) is 17. The lowest BCUT2D eigenvalue weighted by atomic mass is 9.96. The van der Waals surface area contributed by atoms with Gasteiger partial charge in [-0.1, -0.05) is 48.0 Å². The summed E-state index contributed by atoms with van der Waals surface area (Å²) in [5.74, 6) is -12.7. The third-order valence-electron chi connectivity index (χ3n) is 12.6. The summed E-state index contributed by atoms with van der Waals surface area (Å²) < 4.78 is 0. The van der Waals surface area contributed by atoms with Gasteiger partial charge in [0.2, 0.25) is 59.1 Å². The molecule has 0 aromatic rings. The van der Waals surface area contributed by atoms with Gasteiger partial charge in [0.15, 0.2) is 5.96 Å². The Hall–Kier alpha value is -6.86. The number of nitrogens with one attached hydrogen (secondary N) is 9. The smallest absolute Gasteiger partial charge is 0.326 e. The van der Waals surface area contributed by atoms with Crippen LogP contribution in [0.5, 0.6) is 0 Å². The van der Waals surface area contributed by atoms with Crippen LogP contribution in [0.25, 0.3) is 0 Å². The van der Waals surface area contributed by atoms with E-state index in [1.54, 1.807) is 47.8 Å². The molecular formula is C50H91N15O15S. The second-order valence-electron chi connectivity index (χ2n) is 20.4. The van der Waals surface area contributed by atoms with Gasteiger partial charge < -0.3 is 91.8 Å². The molecule has 0 fully saturated rings.